The number of anilines is 1. The first kappa shape index (κ1) is 12.9. The van der Waals surface area contributed by atoms with Crippen molar-refractivity contribution in [2.45, 2.75) is 32.1 Å². The van der Waals surface area contributed by atoms with Crippen LogP contribution in [0.25, 0.3) is 10.2 Å². The Morgan fingerprint density at radius 3 is 3.11 bits per heavy atom. The minimum absolute atomic E-state index is 0.310. The molecule has 0 aliphatic heterocycles. The molecule has 1 aliphatic carbocycles. The van der Waals surface area contributed by atoms with E-state index in [-0.39, 0.29) is 0 Å². The Labute approximate surface area is 121 Å². The van der Waals surface area contributed by atoms with Crippen LogP contribution in [0.15, 0.2) is 23.1 Å². The van der Waals surface area contributed by atoms with Crippen LogP contribution in [0.3, 0.4) is 0 Å². The Balaban J connectivity index is 1.68. The third kappa shape index (κ3) is 3.07. The van der Waals surface area contributed by atoms with Gasteiger partial charge >= 0.3 is 0 Å². The second-order valence-corrected chi connectivity index (χ2v) is 6.02. The summed E-state index contributed by atoms with van der Waals surface area (Å²) in [4.78, 5) is 8.50. The zero-order chi connectivity index (χ0) is 13.1. The Morgan fingerprint density at radius 1 is 1.32 bits per heavy atom. The van der Waals surface area contributed by atoms with Crippen molar-refractivity contribution in [1.82, 2.24) is 9.97 Å². The van der Waals surface area contributed by atoms with Crippen LogP contribution in [0.4, 0.5) is 5.82 Å². The molecule has 1 aliphatic rings. The molecule has 1 N–H and O–H groups in total. The molecular formula is C14H16ClN3S. The van der Waals surface area contributed by atoms with Gasteiger partial charge in [0, 0.05) is 6.54 Å². The number of allylic oxidation sites excluding steroid dienone is 1. The Morgan fingerprint density at radius 2 is 2.26 bits per heavy atom. The molecule has 0 aromatic carbocycles. The molecular weight excluding hydrogens is 278 g/mol. The predicted octanol–water partition coefficient (Wildman–Crippen LogP) is 4.65. The number of fused-ring (bicyclic) bond motifs is 1. The molecule has 2 aromatic heterocycles. The van der Waals surface area contributed by atoms with Gasteiger partial charge in [-0.25, -0.2) is 4.98 Å². The third-order valence-electron chi connectivity index (χ3n) is 3.40. The Hall–Kier alpha value is -1.13. The van der Waals surface area contributed by atoms with Crippen LogP contribution in [-0.2, 0) is 0 Å². The highest BCUT2D eigenvalue weighted by molar-refractivity contribution is 7.17. The van der Waals surface area contributed by atoms with Crippen LogP contribution in [0.5, 0.6) is 0 Å². The Bertz CT molecular complexity index is 606. The van der Waals surface area contributed by atoms with Crippen molar-refractivity contribution in [1.29, 1.82) is 0 Å². The fraction of sp³-hybridized carbons (Fsp3) is 0.429. The number of halogens is 1. The lowest BCUT2D eigenvalue weighted by Crippen LogP contribution is -2.06. The molecule has 100 valence electrons. The molecule has 2 aromatic rings. The van der Waals surface area contributed by atoms with E-state index in [1.54, 1.807) is 16.9 Å². The van der Waals surface area contributed by atoms with Crippen molar-refractivity contribution in [2.75, 3.05) is 11.9 Å². The van der Waals surface area contributed by atoms with Gasteiger partial charge in [0.1, 0.15) is 5.82 Å². The van der Waals surface area contributed by atoms with Gasteiger partial charge < -0.3 is 5.32 Å². The Kier molecular flexibility index (Phi) is 3.99. The molecule has 0 radical (unpaired) electrons. The van der Waals surface area contributed by atoms with Gasteiger partial charge in [0.25, 0.3) is 0 Å². The van der Waals surface area contributed by atoms with Crippen LogP contribution in [0, 0.1) is 0 Å². The van der Waals surface area contributed by atoms with Crippen molar-refractivity contribution >= 4 is 39.0 Å². The first-order valence-corrected chi connectivity index (χ1v) is 7.91. The van der Waals surface area contributed by atoms with Crippen LogP contribution < -0.4 is 5.32 Å². The SMILES string of the molecule is Clc1nc(NCCC2=CCCCC2)c2sccc2n1. The van der Waals surface area contributed by atoms with Crippen LogP contribution in [0.1, 0.15) is 32.1 Å². The maximum absolute atomic E-state index is 5.94. The third-order valence-corrected chi connectivity index (χ3v) is 4.48. The summed E-state index contributed by atoms with van der Waals surface area (Å²) in [6.07, 6.45) is 8.65. The normalized spacial score (nSPS) is 15.5. The van der Waals surface area contributed by atoms with E-state index < -0.39 is 0 Å². The molecule has 0 amide bonds. The summed E-state index contributed by atoms with van der Waals surface area (Å²) in [5.41, 5.74) is 2.49. The number of rotatable bonds is 4. The lowest BCUT2D eigenvalue weighted by molar-refractivity contribution is 0.679. The van der Waals surface area contributed by atoms with Crippen LogP contribution in [-0.4, -0.2) is 16.5 Å². The maximum atomic E-state index is 5.94. The minimum Gasteiger partial charge on any atom is -0.368 e. The first-order chi connectivity index (χ1) is 9.33. The van der Waals surface area contributed by atoms with E-state index in [4.69, 9.17) is 11.6 Å². The second-order valence-electron chi connectivity index (χ2n) is 4.76. The van der Waals surface area contributed by atoms with Gasteiger partial charge in [-0.1, -0.05) is 11.6 Å². The van der Waals surface area contributed by atoms with E-state index in [0.717, 1.165) is 29.0 Å². The largest absolute Gasteiger partial charge is 0.368 e. The molecule has 2 heterocycles. The highest BCUT2D eigenvalue weighted by Gasteiger charge is 2.08. The van der Waals surface area contributed by atoms with Gasteiger partial charge in [-0.15, -0.1) is 11.3 Å². The fourth-order valence-corrected chi connectivity index (χ4v) is 3.40. The van der Waals surface area contributed by atoms with Gasteiger partial charge in [0.15, 0.2) is 0 Å². The smallest absolute Gasteiger partial charge is 0.224 e. The molecule has 0 unspecified atom stereocenters. The summed E-state index contributed by atoms with van der Waals surface area (Å²) >= 11 is 7.59. The van der Waals surface area contributed by atoms with E-state index in [1.807, 2.05) is 11.4 Å². The predicted molar refractivity (Wildman–Crippen MR) is 82.1 cm³/mol. The number of hydrogen-bond acceptors (Lipinski definition) is 4. The van der Waals surface area contributed by atoms with Crippen molar-refractivity contribution in [2.24, 2.45) is 0 Å². The molecule has 5 heteroatoms. The zero-order valence-electron chi connectivity index (χ0n) is 10.7. The van der Waals surface area contributed by atoms with Crippen molar-refractivity contribution < 1.29 is 0 Å². The van der Waals surface area contributed by atoms with Crippen molar-refractivity contribution in [3.63, 3.8) is 0 Å². The summed E-state index contributed by atoms with van der Waals surface area (Å²) < 4.78 is 1.09. The van der Waals surface area contributed by atoms with E-state index in [0.29, 0.717) is 5.28 Å². The molecule has 0 saturated heterocycles. The summed E-state index contributed by atoms with van der Waals surface area (Å²) in [7, 11) is 0. The monoisotopic (exact) mass is 293 g/mol. The molecule has 0 spiro atoms. The van der Waals surface area contributed by atoms with E-state index >= 15 is 0 Å². The van der Waals surface area contributed by atoms with Crippen molar-refractivity contribution in [3.05, 3.63) is 28.4 Å². The molecule has 0 bridgehead atoms. The van der Waals surface area contributed by atoms with Gasteiger partial charge in [0.2, 0.25) is 5.28 Å². The highest BCUT2D eigenvalue weighted by atomic mass is 35.5. The number of nitrogens with one attached hydrogen (secondary N) is 1. The minimum atomic E-state index is 0.310. The number of nitrogens with zero attached hydrogens (tertiary/aromatic N) is 2. The van der Waals surface area contributed by atoms with Crippen LogP contribution in [0.2, 0.25) is 5.28 Å². The van der Waals surface area contributed by atoms with E-state index in [9.17, 15) is 0 Å². The second kappa shape index (κ2) is 5.88. The summed E-state index contributed by atoms with van der Waals surface area (Å²) in [6, 6.07) is 1.97. The average Bonchev–Trinajstić information content (AvgIpc) is 2.88. The number of hydrogen-bond donors (Lipinski definition) is 1. The maximum Gasteiger partial charge on any atom is 0.224 e. The topological polar surface area (TPSA) is 37.8 Å². The fourth-order valence-electron chi connectivity index (χ4n) is 2.43. The lowest BCUT2D eigenvalue weighted by atomic mass is 9.97. The van der Waals surface area contributed by atoms with Crippen LogP contribution >= 0.6 is 22.9 Å². The lowest BCUT2D eigenvalue weighted by Gasteiger charge is -2.13. The standard InChI is InChI=1S/C14H16ClN3S/c15-14-17-11-7-9-19-12(11)13(18-14)16-8-6-10-4-2-1-3-5-10/h4,7,9H,1-3,5-6,8H2,(H,16,17,18). The zero-order valence-corrected chi connectivity index (χ0v) is 12.2. The number of thiophene rings is 1. The van der Waals surface area contributed by atoms with Gasteiger partial charge in [-0.05, 0) is 55.2 Å². The highest BCUT2D eigenvalue weighted by Crippen LogP contribution is 2.27. The van der Waals surface area contributed by atoms with Gasteiger partial charge in [-0.3, -0.25) is 0 Å². The molecule has 3 rings (SSSR count). The molecule has 0 saturated carbocycles. The molecule has 0 fully saturated rings. The van der Waals surface area contributed by atoms with Gasteiger partial charge in [0.05, 0.1) is 10.2 Å². The number of aromatic nitrogens is 2. The van der Waals surface area contributed by atoms with E-state index in [2.05, 4.69) is 21.4 Å². The molecule has 3 nitrogen and oxygen atoms in total. The summed E-state index contributed by atoms with van der Waals surface area (Å²) in [6.45, 7) is 0.909. The average molecular weight is 294 g/mol. The first-order valence-electron chi connectivity index (χ1n) is 6.65. The van der Waals surface area contributed by atoms with Gasteiger partial charge in [-0.2, -0.15) is 4.98 Å². The molecule has 0 atom stereocenters. The van der Waals surface area contributed by atoms with E-state index in [1.165, 1.54) is 25.7 Å². The summed E-state index contributed by atoms with van der Waals surface area (Å²) in [5, 5.41) is 5.72. The quantitative estimate of drug-likeness (QED) is 0.659. The summed E-state index contributed by atoms with van der Waals surface area (Å²) in [5.74, 6) is 0.862. The molecule has 19 heavy (non-hydrogen) atoms. The van der Waals surface area contributed by atoms with Crippen molar-refractivity contribution in [3.8, 4) is 0 Å².